The van der Waals surface area contributed by atoms with Crippen LogP contribution in [0.15, 0.2) is 24.4 Å². The van der Waals surface area contributed by atoms with Gasteiger partial charge in [0.25, 0.3) is 0 Å². The molecule has 0 fully saturated rings. The Morgan fingerprint density at radius 2 is 1.96 bits per heavy atom. The van der Waals surface area contributed by atoms with Gasteiger partial charge in [-0.15, -0.1) is 0 Å². The molecule has 3 N–H and O–H groups in total. The van der Waals surface area contributed by atoms with Crippen LogP contribution < -0.4 is 0 Å². The monoisotopic (exact) mass is 318 g/mol. The molecule has 2 rings (SSSR count). The number of phenols is 2. The third-order valence-corrected chi connectivity index (χ3v) is 3.35. The molecule has 0 saturated heterocycles. The summed E-state index contributed by atoms with van der Waals surface area (Å²) in [7, 11) is 0. The van der Waals surface area contributed by atoms with Gasteiger partial charge in [0.05, 0.1) is 23.3 Å². The minimum atomic E-state index is -1.38. The van der Waals surface area contributed by atoms with Gasteiger partial charge < -0.3 is 20.1 Å². The second-order valence-electron chi connectivity index (χ2n) is 5.18. The van der Waals surface area contributed by atoms with E-state index < -0.39 is 12.1 Å². The average molecular weight is 318 g/mol. The largest absolute Gasteiger partial charge is 0.504 e. The first-order valence-corrected chi connectivity index (χ1v) is 7.01. The highest BCUT2D eigenvalue weighted by molar-refractivity contribution is 5.74. The fraction of sp³-hybridized carbons (Fsp3) is 0.312. The summed E-state index contributed by atoms with van der Waals surface area (Å²) in [5.74, 6) is -1.37. The smallest absolute Gasteiger partial charge is 0.335 e. The van der Waals surface area contributed by atoms with Crippen molar-refractivity contribution < 1.29 is 24.9 Å². The number of benzene rings is 1. The number of carbonyl (C=O) groups is 1. The molecule has 0 spiro atoms. The number of carbonyl (C=O) groups excluding carboxylic acids is 1. The molecule has 7 heteroatoms. The molecule has 1 aromatic heterocycles. The molecular formula is C16H18N2O5. The van der Waals surface area contributed by atoms with Gasteiger partial charge in [-0.05, 0) is 31.5 Å². The number of hydrogen-bond acceptors (Lipinski definition) is 7. The van der Waals surface area contributed by atoms with Crippen molar-refractivity contribution in [1.82, 2.24) is 9.97 Å². The zero-order valence-corrected chi connectivity index (χ0v) is 12.9. The normalized spacial score (nSPS) is 12.0. The molecule has 0 bridgehead atoms. The highest BCUT2D eigenvalue weighted by Gasteiger charge is 2.18. The molecule has 0 aliphatic rings. The van der Waals surface area contributed by atoms with E-state index in [1.807, 2.05) is 6.92 Å². The summed E-state index contributed by atoms with van der Waals surface area (Å²) in [5, 5.41) is 28.5. The first-order chi connectivity index (χ1) is 10.9. The number of nitrogens with zero attached hydrogens (tertiary/aromatic N) is 2. The molecule has 1 aromatic carbocycles. The van der Waals surface area contributed by atoms with Crippen LogP contribution in [-0.4, -0.2) is 37.4 Å². The Bertz CT molecular complexity index is 718. The highest BCUT2D eigenvalue weighted by Crippen LogP contribution is 2.25. The summed E-state index contributed by atoms with van der Waals surface area (Å²) >= 11 is 0. The second kappa shape index (κ2) is 7.06. The van der Waals surface area contributed by atoms with Crippen molar-refractivity contribution in [2.24, 2.45) is 0 Å². The number of aromatic nitrogens is 2. The summed E-state index contributed by atoms with van der Waals surface area (Å²) in [6.45, 7) is 3.56. The van der Waals surface area contributed by atoms with Crippen molar-refractivity contribution in [3.8, 4) is 11.5 Å². The van der Waals surface area contributed by atoms with Crippen molar-refractivity contribution in [2.45, 2.75) is 33.0 Å². The molecule has 7 nitrogen and oxygen atoms in total. The number of rotatable bonds is 5. The lowest BCUT2D eigenvalue weighted by molar-refractivity contribution is -0.154. The van der Waals surface area contributed by atoms with Crippen LogP contribution >= 0.6 is 0 Å². The SMILES string of the molecule is Cc1ncc(COC(=O)C(O)Cc2ccc(O)c(O)c2)nc1C. The number of esters is 1. The lowest BCUT2D eigenvalue weighted by atomic mass is 10.1. The molecule has 0 radical (unpaired) electrons. The van der Waals surface area contributed by atoms with Crippen LogP contribution in [0.2, 0.25) is 0 Å². The summed E-state index contributed by atoms with van der Waals surface area (Å²) < 4.78 is 5.01. The standard InChI is InChI=1S/C16H18N2O5/c1-9-10(2)18-12(7-17-9)8-23-16(22)15(21)6-11-3-4-13(19)14(20)5-11/h3-5,7,15,19-21H,6,8H2,1-2H3. The zero-order chi connectivity index (χ0) is 17.0. The first-order valence-electron chi connectivity index (χ1n) is 7.01. The molecule has 1 heterocycles. The van der Waals surface area contributed by atoms with Crippen molar-refractivity contribution in [2.75, 3.05) is 0 Å². The minimum Gasteiger partial charge on any atom is -0.504 e. The Labute approximate surface area is 133 Å². The maximum Gasteiger partial charge on any atom is 0.335 e. The van der Waals surface area contributed by atoms with Gasteiger partial charge in [-0.25, -0.2) is 4.79 Å². The van der Waals surface area contributed by atoms with Crippen LogP contribution in [0, 0.1) is 13.8 Å². The Morgan fingerprint density at radius 1 is 1.22 bits per heavy atom. The van der Waals surface area contributed by atoms with Crippen LogP contribution in [0.1, 0.15) is 22.6 Å². The Morgan fingerprint density at radius 3 is 2.61 bits per heavy atom. The molecule has 0 aliphatic heterocycles. The quantitative estimate of drug-likeness (QED) is 0.560. The summed E-state index contributed by atoms with van der Waals surface area (Å²) in [6, 6.07) is 4.06. The molecule has 0 saturated carbocycles. The molecule has 0 aliphatic carbocycles. The topological polar surface area (TPSA) is 113 Å². The molecule has 1 unspecified atom stereocenters. The van der Waals surface area contributed by atoms with E-state index in [2.05, 4.69) is 9.97 Å². The fourth-order valence-electron chi connectivity index (χ4n) is 1.90. The predicted molar refractivity (Wildman–Crippen MR) is 80.8 cm³/mol. The van der Waals surface area contributed by atoms with E-state index in [9.17, 15) is 20.1 Å². The van der Waals surface area contributed by atoms with E-state index in [-0.39, 0.29) is 24.5 Å². The van der Waals surface area contributed by atoms with Gasteiger partial charge in [0.2, 0.25) is 0 Å². The Kier molecular flexibility index (Phi) is 5.13. The number of aliphatic hydroxyl groups is 1. The van der Waals surface area contributed by atoms with Crippen molar-refractivity contribution >= 4 is 5.97 Å². The van der Waals surface area contributed by atoms with Gasteiger partial charge in [-0.1, -0.05) is 6.07 Å². The molecule has 23 heavy (non-hydrogen) atoms. The van der Waals surface area contributed by atoms with Crippen LogP contribution in [0.25, 0.3) is 0 Å². The van der Waals surface area contributed by atoms with E-state index in [1.54, 1.807) is 6.92 Å². The van der Waals surface area contributed by atoms with Crippen LogP contribution in [0.4, 0.5) is 0 Å². The number of ether oxygens (including phenoxy) is 1. The molecular weight excluding hydrogens is 300 g/mol. The molecule has 2 aromatic rings. The maximum atomic E-state index is 11.8. The second-order valence-corrected chi connectivity index (χ2v) is 5.18. The van der Waals surface area contributed by atoms with E-state index in [1.165, 1.54) is 24.4 Å². The van der Waals surface area contributed by atoms with Crippen molar-refractivity contribution in [3.05, 3.63) is 47.0 Å². The average Bonchev–Trinajstić information content (AvgIpc) is 2.51. The number of aliphatic hydroxyl groups excluding tert-OH is 1. The summed E-state index contributed by atoms with van der Waals surface area (Å²) in [4.78, 5) is 20.1. The third-order valence-electron chi connectivity index (χ3n) is 3.35. The van der Waals surface area contributed by atoms with Gasteiger partial charge in [0.15, 0.2) is 17.6 Å². The van der Waals surface area contributed by atoms with Crippen molar-refractivity contribution in [1.29, 1.82) is 0 Å². The number of aryl methyl sites for hydroxylation is 2. The fourth-order valence-corrected chi connectivity index (χ4v) is 1.90. The molecule has 0 amide bonds. The summed E-state index contributed by atoms with van der Waals surface area (Å²) in [6.07, 6.45) is 0.101. The lowest BCUT2D eigenvalue weighted by Gasteiger charge is -2.11. The zero-order valence-electron chi connectivity index (χ0n) is 12.9. The van der Waals surface area contributed by atoms with Gasteiger partial charge >= 0.3 is 5.97 Å². The number of aromatic hydroxyl groups is 2. The maximum absolute atomic E-state index is 11.8. The van der Waals surface area contributed by atoms with Crippen LogP contribution in [0.5, 0.6) is 11.5 Å². The van der Waals surface area contributed by atoms with Gasteiger partial charge in [0, 0.05) is 6.42 Å². The minimum absolute atomic E-state index is 0.0364. The van der Waals surface area contributed by atoms with Crippen molar-refractivity contribution in [3.63, 3.8) is 0 Å². The van der Waals surface area contributed by atoms with Crippen LogP contribution in [0.3, 0.4) is 0 Å². The van der Waals surface area contributed by atoms with Gasteiger partial charge in [-0.3, -0.25) is 9.97 Å². The van der Waals surface area contributed by atoms with Gasteiger partial charge in [0.1, 0.15) is 6.61 Å². The van der Waals surface area contributed by atoms with Crippen LogP contribution in [-0.2, 0) is 22.6 Å². The highest BCUT2D eigenvalue weighted by atomic mass is 16.5. The lowest BCUT2D eigenvalue weighted by Crippen LogP contribution is -2.25. The summed E-state index contributed by atoms with van der Waals surface area (Å²) in [5.41, 5.74) is 2.54. The Hall–Kier alpha value is -2.67. The number of phenolic OH excluding ortho intramolecular Hbond substituents is 2. The molecule has 122 valence electrons. The molecule has 1 atom stereocenters. The van der Waals surface area contributed by atoms with E-state index in [0.717, 1.165) is 11.4 Å². The predicted octanol–water partition coefficient (Wildman–Crippen LogP) is 1.15. The Balaban J connectivity index is 1.91. The van der Waals surface area contributed by atoms with Gasteiger partial charge in [-0.2, -0.15) is 0 Å². The van der Waals surface area contributed by atoms with E-state index >= 15 is 0 Å². The first kappa shape index (κ1) is 16.7. The number of hydrogen-bond donors (Lipinski definition) is 3. The third kappa shape index (κ3) is 4.40. The van der Waals surface area contributed by atoms with E-state index in [0.29, 0.717) is 11.3 Å². The van der Waals surface area contributed by atoms with E-state index in [4.69, 9.17) is 4.74 Å².